The van der Waals surface area contributed by atoms with Crippen LogP contribution in [0.25, 0.3) is 5.69 Å². The van der Waals surface area contributed by atoms with Crippen LogP contribution >= 0.6 is 11.6 Å². The SMILES string of the molecule is C#Cc1cnccc1-n1cc(Cl)c(N)nc1=O. The second kappa shape index (κ2) is 4.28. The Hall–Kier alpha value is -2.32. The Morgan fingerprint density at radius 3 is 3.00 bits per heavy atom. The van der Waals surface area contributed by atoms with Crippen molar-refractivity contribution in [1.29, 1.82) is 0 Å². The summed E-state index contributed by atoms with van der Waals surface area (Å²) in [6.07, 6.45) is 9.70. The molecule has 6 heteroatoms. The summed E-state index contributed by atoms with van der Waals surface area (Å²) < 4.78 is 1.23. The van der Waals surface area contributed by atoms with Crippen LogP contribution in [-0.4, -0.2) is 14.5 Å². The molecule has 84 valence electrons. The van der Waals surface area contributed by atoms with E-state index in [0.717, 1.165) is 0 Å². The molecule has 0 bridgehead atoms. The van der Waals surface area contributed by atoms with Crippen molar-refractivity contribution in [3.63, 3.8) is 0 Å². The lowest BCUT2D eigenvalue weighted by Gasteiger charge is -2.07. The average Bonchev–Trinajstić information content (AvgIpc) is 2.34. The number of nitrogens with two attached hydrogens (primary N) is 1. The molecule has 2 heterocycles. The molecule has 0 radical (unpaired) electrons. The highest BCUT2D eigenvalue weighted by Crippen LogP contribution is 2.16. The summed E-state index contributed by atoms with van der Waals surface area (Å²) in [5.74, 6) is 2.42. The number of aromatic nitrogens is 3. The van der Waals surface area contributed by atoms with Gasteiger partial charge in [0.25, 0.3) is 0 Å². The second-order valence-corrected chi connectivity index (χ2v) is 3.57. The first-order valence-electron chi connectivity index (χ1n) is 4.59. The van der Waals surface area contributed by atoms with Gasteiger partial charge in [0.1, 0.15) is 5.82 Å². The third-order valence-electron chi connectivity index (χ3n) is 2.12. The number of rotatable bonds is 1. The lowest BCUT2D eigenvalue weighted by Crippen LogP contribution is -2.22. The number of nitrogens with zero attached hydrogens (tertiary/aromatic N) is 3. The lowest BCUT2D eigenvalue weighted by molar-refractivity contribution is 0.914. The molecule has 0 spiro atoms. The number of pyridine rings is 1. The van der Waals surface area contributed by atoms with E-state index < -0.39 is 5.69 Å². The fourth-order valence-electron chi connectivity index (χ4n) is 1.33. The summed E-state index contributed by atoms with van der Waals surface area (Å²) in [5, 5.41) is 0.185. The molecule has 2 aromatic rings. The quantitative estimate of drug-likeness (QED) is 0.757. The van der Waals surface area contributed by atoms with E-state index in [-0.39, 0.29) is 10.8 Å². The molecule has 0 fully saturated rings. The van der Waals surface area contributed by atoms with Crippen LogP contribution in [-0.2, 0) is 0 Å². The van der Waals surface area contributed by atoms with E-state index in [9.17, 15) is 4.79 Å². The summed E-state index contributed by atoms with van der Waals surface area (Å²) >= 11 is 5.82. The maximum Gasteiger partial charge on any atom is 0.354 e. The largest absolute Gasteiger partial charge is 0.382 e. The molecular weight excluding hydrogens is 240 g/mol. The van der Waals surface area contributed by atoms with Crippen LogP contribution in [0.4, 0.5) is 5.82 Å². The van der Waals surface area contributed by atoms with Crippen molar-refractivity contribution in [3.8, 4) is 18.0 Å². The molecule has 2 rings (SSSR count). The van der Waals surface area contributed by atoms with Gasteiger partial charge in [0.15, 0.2) is 0 Å². The van der Waals surface area contributed by atoms with Gasteiger partial charge in [0.05, 0.1) is 16.3 Å². The number of hydrogen-bond donors (Lipinski definition) is 1. The van der Waals surface area contributed by atoms with Crippen LogP contribution in [0.15, 0.2) is 29.5 Å². The van der Waals surface area contributed by atoms with Crippen LogP contribution in [0, 0.1) is 12.3 Å². The van der Waals surface area contributed by atoms with Gasteiger partial charge in [-0.25, -0.2) is 4.79 Å². The van der Waals surface area contributed by atoms with Gasteiger partial charge in [-0.15, -0.1) is 6.42 Å². The van der Waals surface area contributed by atoms with Gasteiger partial charge in [-0.1, -0.05) is 17.5 Å². The summed E-state index contributed by atoms with van der Waals surface area (Å²) in [6, 6.07) is 1.60. The van der Waals surface area contributed by atoms with E-state index in [2.05, 4.69) is 15.9 Å². The number of halogens is 1. The normalized spacial score (nSPS) is 9.88. The predicted octanol–water partition coefficient (Wildman–Crippen LogP) is 0.844. The second-order valence-electron chi connectivity index (χ2n) is 3.16. The monoisotopic (exact) mass is 246 g/mol. The molecule has 0 aromatic carbocycles. The maximum absolute atomic E-state index is 11.7. The van der Waals surface area contributed by atoms with Crippen molar-refractivity contribution in [2.24, 2.45) is 0 Å². The summed E-state index contributed by atoms with van der Waals surface area (Å²) in [6.45, 7) is 0. The lowest BCUT2D eigenvalue weighted by atomic mass is 10.2. The smallest absolute Gasteiger partial charge is 0.354 e. The van der Waals surface area contributed by atoms with Gasteiger partial charge < -0.3 is 5.73 Å². The van der Waals surface area contributed by atoms with Crippen molar-refractivity contribution in [2.75, 3.05) is 5.73 Å². The van der Waals surface area contributed by atoms with Crippen LogP contribution < -0.4 is 11.4 Å². The van der Waals surface area contributed by atoms with E-state index in [1.165, 1.54) is 23.2 Å². The summed E-state index contributed by atoms with van der Waals surface area (Å²) in [4.78, 5) is 19.1. The van der Waals surface area contributed by atoms with E-state index in [1.54, 1.807) is 6.07 Å². The number of hydrogen-bond acceptors (Lipinski definition) is 4. The highest BCUT2D eigenvalue weighted by atomic mass is 35.5. The maximum atomic E-state index is 11.7. The van der Waals surface area contributed by atoms with Crippen LogP contribution in [0.5, 0.6) is 0 Å². The topological polar surface area (TPSA) is 73.8 Å². The molecule has 0 amide bonds. The Balaban J connectivity index is 2.74. The number of nitrogen functional groups attached to an aromatic ring is 1. The van der Waals surface area contributed by atoms with E-state index in [4.69, 9.17) is 23.8 Å². The van der Waals surface area contributed by atoms with Crippen molar-refractivity contribution in [1.82, 2.24) is 14.5 Å². The van der Waals surface area contributed by atoms with E-state index >= 15 is 0 Å². The zero-order chi connectivity index (χ0) is 12.4. The fraction of sp³-hybridized carbons (Fsp3) is 0. The minimum Gasteiger partial charge on any atom is -0.382 e. The molecule has 0 aliphatic heterocycles. The minimum atomic E-state index is -0.547. The Kier molecular flexibility index (Phi) is 2.81. The van der Waals surface area contributed by atoms with Crippen molar-refractivity contribution in [2.45, 2.75) is 0 Å². The molecule has 0 saturated heterocycles. The molecule has 0 saturated carbocycles. The molecule has 0 atom stereocenters. The van der Waals surface area contributed by atoms with Gasteiger partial charge in [-0.2, -0.15) is 4.98 Å². The molecule has 2 N–H and O–H groups in total. The van der Waals surface area contributed by atoms with Crippen LogP contribution in [0.2, 0.25) is 5.02 Å². The standard InChI is InChI=1S/C11H7ClN4O/c1-2-7-5-14-4-3-9(7)16-6-8(12)10(13)15-11(16)17/h1,3-6H,(H2,13,15,17). The Morgan fingerprint density at radius 1 is 1.53 bits per heavy atom. The molecule has 17 heavy (non-hydrogen) atoms. The van der Waals surface area contributed by atoms with Gasteiger partial charge >= 0.3 is 5.69 Å². The molecule has 5 nitrogen and oxygen atoms in total. The van der Waals surface area contributed by atoms with Gasteiger partial charge in [-0.3, -0.25) is 9.55 Å². The third kappa shape index (κ3) is 1.98. The fourth-order valence-corrected chi connectivity index (χ4v) is 1.47. The summed E-state index contributed by atoms with van der Waals surface area (Å²) in [5.41, 5.74) is 5.84. The first-order chi connectivity index (χ1) is 8.13. The van der Waals surface area contributed by atoms with Crippen molar-refractivity contribution in [3.05, 3.63) is 45.7 Å². The van der Waals surface area contributed by atoms with E-state index in [0.29, 0.717) is 11.3 Å². The average molecular weight is 247 g/mol. The highest BCUT2D eigenvalue weighted by molar-refractivity contribution is 6.32. The zero-order valence-electron chi connectivity index (χ0n) is 8.59. The van der Waals surface area contributed by atoms with Gasteiger partial charge in [0, 0.05) is 18.6 Å². The van der Waals surface area contributed by atoms with Crippen molar-refractivity contribution < 1.29 is 0 Å². The highest BCUT2D eigenvalue weighted by Gasteiger charge is 2.08. The Morgan fingerprint density at radius 2 is 2.29 bits per heavy atom. The first-order valence-corrected chi connectivity index (χ1v) is 4.97. The third-order valence-corrected chi connectivity index (χ3v) is 2.41. The molecule has 2 aromatic heterocycles. The zero-order valence-corrected chi connectivity index (χ0v) is 9.35. The van der Waals surface area contributed by atoms with Crippen molar-refractivity contribution >= 4 is 17.4 Å². The van der Waals surface area contributed by atoms with Crippen LogP contribution in [0.3, 0.4) is 0 Å². The number of anilines is 1. The molecule has 0 aliphatic carbocycles. The Labute approximate surface area is 102 Å². The van der Waals surface area contributed by atoms with Gasteiger partial charge in [-0.05, 0) is 6.07 Å². The first kappa shape index (κ1) is 11.2. The van der Waals surface area contributed by atoms with Gasteiger partial charge in [0.2, 0.25) is 0 Å². The van der Waals surface area contributed by atoms with E-state index in [1.807, 2.05) is 0 Å². The number of terminal acetylenes is 1. The molecular formula is C11H7ClN4O. The molecule has 0 unspecified atom stereocenters. The van der Waals surface area contributed by atoms with Crippen LogP contribution in [0.1, 0.15) is 5.56 Å². The summed E-state index contributed by atoms with van der Waals surface area (Å²) in [7, 11) is 0. The molecule has 0 aliphatic rings. The predicted molar refractivity (Wildman–Crippen MR) is 65.0 cm³/mol. The Bertz CT molecular complexity index is 672. The minimum absolute atomic E-state index is 0.00997.